The molecule has 3 aliphatic heterocycles. The number of ether oxygens (including phenoxy) is 1. The first-order chi connectivity index (χ1) is 9.81. The lowest BCUT2D eigenvalue weighted by Crippen LogP contribution is -2.51. The van der Waals surface area contributed by atoms with Gasteiger partial charge in [0.1, 0.15) is 23.5 Å². The van der Waals surface area contributed by atoms with E-state index in [0.29, 0.717) is 11.5 Å². The van der Waals surface area contributed by atoms with E-state index in [-0.39, 0.29) is 12.1 Å². The van der Waals surface area contributed by atoms with Crippen LogP contribution in [0.2, 0.25) is 0 Å². The van der Waals surface area contributed by atoms with Gasteiger partial charge in [-0.2, -0.15) is 0 Å². The van der Waals surface area contributed by atoms with Gasteiger partial charge in [-0.15, -0.1) is 0 Å². The van der Waals surface area contributed by atoms with Gasteiger partial charge in [-0.3, -0.25) is 4.90 Å². The molecule has 104 valence electrons. The van der Waals surface area contributed by atoms with Crippen molar-refractivity contribution < 1.29 is 13.9 Å². The summed E-state index contributed by atoms with van der Waals surface area (Å²) in [5, 5.41) is 0.832. The Kier molecular flexibility index (Phi) is 2.77. The highest BCUT2D eigenvalue weighted by Crippen LogP contribution is 2.31. The number of rotatable bonds is 2. The Hall–Kier alpha value is -1.81. The van der Waals surface area contributed by atoms with Crippen LogP contribution in [0.4, 0.5) is 0 Å². The molecule has 0 unspecified atom stereocenters. The molecule has 3 fully saturated rings. The second kappa shape index (κ2) is 4.63. The predicted octanol–water partition coefficient (Wildman–Crippen LogP) is 2.68. The fourth-order valence-electron chi connectivity index (χ4n) is 3.38. The third-order valence-electron chi connectivity index (χ3n) is 4.56. The molecule has 2 bridgehead atoms. The van der Waals surface area contributed by atoms with Crippen molar-refractivity contribution in [3.8, 4) is 0 Å². The van der Waals surface area contributed by atoms with E-state index in [1.807, 2.05) is 24.3 Å². The Bertz CT molecular complexity index is 640. The van der Waals surface area contributed by atoms with E-state index >= 15 is 0 Å². The maximum absolute atomic E-state index is 12.4. The molecule has 1 aromatic carbocycles. The number of hydrogen-bond donors (Lipinski definition) is 0. The van der Waals surface area contributed by atoms with Gasteiger partial charge in [0.25, 0.3) is 0 Å². The van der Waals surface area contributed by atoms with Crippen LogP contribution in [0.25, 0.3) is 11.0 Å². The highest BCUT2D eigenvalue weighted by atomic mass is 16.5. The molecule has 1 atom stereocenters. The van der Waals surface area contributed by atoms with E-state index in [1.54, 1.807) is 0 Å². The van der Waals surface area contributed by atoms with Gasteiger partial charge >= 0.3 is 5.97 Å². The van der Waals surface area contributed by atoms with Crippen molar-refractivity contribution in [3.63, 3.8) is 0 Å². The highest BCUT2D eigenvalue weighted by Gasteiger charge is 2.36. The van der Waals surface area contributed by atoms with Crippen LogP contribution in [-0.4, -0.2) is 36.6 Å². The summed E-state index contributed by atoms with van der Waals surface area (Å²) >= 11 is 0. The first kappa shape index (κ1) is 12.0. The molecule has 0 N–H and O–H groups in total. The third-order valence-corrected chi connectivity index (χ3v) is 4.56. The average Bonchev–Trinajstić information content (AvgIpc) is 2.92. The van der Waals surface area contributed by atoms with Crippen molar-refractivity contribution >= 4 is 16.9 Å². The largest absolute Gasteiger partial charge is 0.463 e. The van der Waals surface area contributed by atoms with Crippen LogP contribution in [0.15, 0.2) is 34.9 Å². The van der Waals surface area contributed by atoms with Crippen LogP contribution in [-0.2, 0) is 4.74 Å². The van der Waals surface area contributed by atoms with Crippen molar-refractivity contribution in [1.82, 2.24) is 4.90 Å². The molecule has 2 aromatic rings. The molecule has 0 amide bonds. The Labute approximate surface area is 117 Å². The Morgan fingerprint density at radius 2 is 2.05 bits per heavy atom. The molecule has 3 saturated heterocycles. The third kappa shape index (κ3) is 1.91. The lowest BCUT2D eigenvalue weighted by Gasteiger charge is -2.43. The predicted molar refractivity (Wildman–Crippen MR) is 74.6 cm³/mol. The van der Waals surface area contributed by atoms with Crippen LogP contribution in [0.5, 0.6) is 0 Å². The Morgan fingerprint density at radius 3 is 2.80 bits per heavy atom. The maximum atomic E-state index is 12.4. The lowest BCUT2D eigenvalue weighted by atomic mass is 9.86. The number of piperidine rings is 3. The van der Waals surface area contributed by atoms with Crippen LogP contribution in [0, 0.1) is 5.92 Å². The van der Waals surface area contributed by atoms with E-state index in [4.69, 9.17) is 9.15 Å². The summed E-state index contributed by atoms with van der Waals surface area (Å²) in [6.45, 7) is 3.17. The minimum absolute atomic E-state index is 0.0404. The normalized spacial score (nSPS) is 28.7. The Balaban J connectivity index is 1.56. The molecule has 1 aromatic heterocycles. The summed E-state index contributed by atoms with van der Waals surface area (Å²) in [6, 6.07) is 7.56. The second-order valence-electron chi connectivity index (χ2n) is 5.73. The average molecular weight is 271 g/mol. The SMILES string of the molecule is O=C(O[C@H]1CN2CCC1CC2)c1coc2ccccc12. The van der Waals surface area contributed by atoms with Crippen LogP contribution >= 0.6 is 0 Å². The van der Waals surface area contributed by atoms with Gasteiger partial charge in [0, 0.05) is 11.9 Å². The number of nitrogens with zero attached hydrogens (tertiary/aromatic N) is 1. The van der Waals surface area contributed by atoms with Crippen molar-refractivity contribution in [2.75, 3.05) is 19.6 Å². The van der Waals surface area contributed by atoms with Crippen LogP contribution in [0.1, 0.15) is 23.2 Å². The minimum atomic E-state index is -0.256. The molecule has 0 radical (unpaired) electrons. The minimum Gasteiger partial charge on any atom is -0.463 e. The lowest BCUT2D eigenvalue weighted by molar-refractivity contribution is -0.0455. The van der Waals surface area contributed by atoms with Crippen molar-refractivity contribution in [1.29, 1.82) is 0 Å². The van der Waals surface area contributed by atoms with E-state index in [9.17, 15) is 4.79 Å². The second-order valence-corrected chi connectivity index (χ2v) is 5.73. The van der Waals surface area contributed by atoms with E-state index < -0.39 is 0 Å². The quantitative estimate of drug-likeness (QED) is 0.788. The van der Waals surface area contributed by atoms with E-state index in [2.05, 4.69) is 4.90 Å². The number of fused-ring (bicyclic) bond motifs is 4. The first-order valence-corrected chi connectivity index (χ1v) is 7.21. The van der Waals surface area contributed by atoms with Crippen LogP contribution < -0.4 is 0 Å². The summed E-state index contributed by atoms with van der Waals surface area (Å²) in [5.74, 6) is 0.274. The number of esters is 1. The molecular weight excluding hydrogens is 254 g/mol. The van der Waals surface area contributed by atoms with Crippen molar-refractivity contribution in [2.45, 2.75) is 18.9 Å². The Morgan fingerprint density at radius 1 is 1.25 bits per heavy atom. The zero-order chi connectivity index (χ0) is 13.5. The molecule has 3 aliphatic rings. The number of carbonyl (C=O) groups excluding carboxylic acids is 1. The summed E-state index contributed by atoms with van der Waals surface area (Å²) in [6.07, 6.45) is 3.83. The summed E-state index contributed by atoms with van der Waals surface area (Å²) in [4.78, 5) is 14.7. The number of hydrogen-bond acceptors (Lipinski definition) is 4. The molecule has 0 spiro atoms. The molecule has 0 saturated carbocycles. The number of benzene rings is 1. The molecule has 0 aliphatic carbocycles. The molecule has 4 nitrogen and oxygen atoms in total. The monoisotopic (exact) mass is 271 g/mol. The van der Waals surface area contributed by atoms with Gasteiger partial charge in [0.2, 0.25) is 0 Å². The summed E-state index contributed by atoms with van der Waals surface area (Å²) in [5.41, 5.74) is 1.27. The number of para-hydroxylation sites is 1. The molecule has 4 heteroatoms. The van der Waals surface area contributed by atoms with E-state index in [0.717, 1.165) is 43.4 Å². The van der Waals surface area contributed by atoms with Gasteiger partial charge in [-0.05, 0) is 37.9 Å². The van der Waals surface area contributed by atoms with Crippen LogP contribution in [0.3, 0.4) is 0 Å². The highest BCUT2D eigenvalue weighted by molar-refractivity contribution is 6.03. The smallest absolute Gasteiger partial charge is 0.342 e. The standard InChI is InChI=1S/C16H17NO3/c18-16(13-10-19-14-4-2-1-3-12(13)14)20-15-9-17-7-5-11(15)6-8-17/h1-4,10-11,15H,5-9H2/t15-/m0/s1. The summed E-state index contributed by atoms with van der Waals surface area (Å²) < 4.78 is 11.1. The molecule has 4 heterocycles. The van der Waals surface area contributed by atoms with Gasteiger partial charge in [0.15, 0.2) is 0 Å². The van der Waals surface area contributed by atoms with Gasteiger partial charge in [-0.1, -0.05) is 18.2 Å². The number of carbonyl (C=O) groups is 1. The van der Waals surface area contributed by atoms with Gasteiger partial charge < -0.3 is 9.15 Å². The topological polar surface area (TPSA) is 42.7 Å². The van der Waals surface area contributed by atoms with Gasteiger partial charge in [-0.25, -0.2) is 4.79 Å². The maximum Gasteiger partial charge on any atom is 0.342 e. The fourth-order valence-corrected chi connectivity index (χ4v) is 3.38. The van der Waals surface area contributed by atoms with Crippen molar-refractivity contribution in [3.05, 3.63) is 36.1 Å². The van der Waals surface area contributed by atoms with Gasteiger partial charge in [0.05, 0.1) is 0 Å². The molecule has 20 heavy (non-hydrogen) atoms. The zero-order valence-corrected chi connectivity index (χ0v) is 11.2. The zero-order valence-electron chi connectivity index (χ0n) is 11.2. The van der Waals surface area contributed by atoms with Crippen molar-refractivity contribution in [2.24, 2.45) is 5.92 Å². The summed E-state index contributed by atoms with van der Waals surface area (Å²) in [7, 11) is 0. The van der Waals surface area contributed by atoms with E-state index in [1.165, 1.54) is 6.26 Å². The fraction of sp³-hybridized carbons (Fsp3) is 0.438. The number of furan rings is 1. The first-order valence-electron chi connectivity index (χ1n) is 7.21. The molecule has 5 rings (SSSR count). The molecular formula is C16H17NO3.